The molecule has 1 atom stereocenters. The summed E-state index contributed by atoms with van der Waals surface area (Å²) in [6.07, 6.45) is 2.95. The molecular formula is C15H20FNO2. The SMILES string of the molecule is CCOC(=O)C(C)(CC1CC1)Nc1ccccc1F. The van der Waals surface area contributed by atoms with E-state index in [2.05, 4.69) is 5.32 Å². The Balaban J connectivity index is 2.17. The lowest BCUT2D eigenvalue weighted by molar-refractivity contribution is -0.148. The van der Waals surface area contributed by atoms with E-state index in [9.17, 15) is 9.18 Å². The number of carbonyl (C=O) groups is 1. The number of para-hydroxylation sites is 1. The summed E-state index contributed by atoms with van der Waals surface area (Å²) in [7, 11) is 0. The number of carbonyl (C=O) groups excluding carboxylic acids is 1. The van der Waals surface area contributed by atoms with E-state index >= 15 is 0 Å². The Morgan fingerprint density at radius 1 is 1.47 bits per heavy atom. The Morgan fingerprint density at radius 2 is 2.16 bits per heavy atom. The van der Waals surface area contributed by atoms with Crippen molar-refractivity contribution in [2.75, 3.05) is 11.9 Å². The molecule has 4 heteroatoms. The van der Waals surface area contributed by atoms with Crippen LogP contribution in [0.25, 0.3) is 0 Å². The van der Waals surface area contributed by atoms with Crippen molar-refractivity contribution in [1.29, 1.82) is 0 Å². The van der Waals surface area contributed by atoms with Crippen molar-refractivity contribution < 1.29 is 13.9 Å². The van der Waals surface area contributed by atoms with E-state index in [1.807, 2.05) is 0 Å². The van der Waals surface area contributed by atoms with Gasteiger partial charge in [0, 0.05) is 0 Å². The van der Waals surface area contributed by atoms with Crippen LogP contribution >= 0.6 is 0 Å². The van der Waals surface area contributed by atoms with Crippen LogP contribution in [0.2, 0.25) is 0 Å². The van der Waals surface area contributed by atoms with E-state index in [1.165, 1.54) is 6.07 Å². The van der Waals surface area contributed by atoms with Gasteiger partial charge in [0.25, 0.3) is 0 Å². The fourth-order valence-corrected chi connectivity index (χ4v) is 2.23. The highest BCUT2D eigenvalue weighted by Crippen LogP contribution is 2.38. The van der Waals surface area contributed by atoms with E-state index in [0.717, 1.165) is 12.8 Å². The number of benzene rings is 1. The molecule has 1 saturated carbocycles. The third-order valence-electron chi connectivity index (χ3n) is 3.40. The van der Waals surface area contributed by atoms with Crippen molar-refractivity contribution in [2.24, 2.45) is 5.92 Å². The van der Waals surface area contributed by atoms with E-state index in [1.54, 1.807) is 32.0 Å². The van der Waals surface area contributed by atoms with Gasteiger partial charge >= 0.3 is 5.97 Å². The summed E-state index contributed by atoms with van der Waals surface area (Å²) in [4.78, 5) is 12.1. The van der Waals surface area contributed by atoms with E-state index in [0.29, 0.717) is 24.6 Å². The van der Waals surface area contributed by atoms with Crippen LogP contribution in [0.15, 0.2) is 24.3 Å². The molecule has 0 aliphatic heterocycles. The fraction of sp³-hybridized carbons (Fsp3) is 0.533. The van der Waals surface area contributed by atoms with Crippen molar-refractivity contribution in [3.05, 3.63) is 30.1 Å². The number of ether oxygens (including phenoxy) is 1. The Kier molecular flexibility index (Phi) is 4.08. The van der Waals surface area contributed by atoms with Crippen molar-refractivity contribution >= 4 is 11.7 Å². The number of hydrogen-bond donors (Lipinski definition) is 1. The number of anilines is 1. The zero-order valence-corrected chi connectivity index (χ0v) is 11.4. The normalized spacial score (nSPS) is 17.6. The molecule has 1 aliphatic carbocycles. The van der Waals surface area contributed by atoms with Gasteiger partial charge in [-0.25, -0.2) is 9.18 Å². The standard InChI is InChI=1S/C15H20FNO2/c1-3-19-14(18)15(2,10-11-8-9-11)17-13-7-5-4-6-12(13)16/h4-7,11,17H,3,8-10H2,1-2H3. The van der Waals surface area contributed by atoms with Gasteiger partial charge in [-0.3, -0.25) is 0 Å². The molecule has 1 aromatic rings. The lowest BCUT2D eigenvalue weighted by atomic mass is 9.94. The van der Waals surface area contributed by atoms with Gasteiger partial charge in [-0.1, -0.05) is 25.0 Å². The van der Waals surface area contributed by atoms with Crippen LogP contribution in [0.1, 0.15) is 33.1 Å². The van der Waals surface area contributed by atoms with E-state index < -0.39 is 5.54 Å². The summed E-state index contributed by atoms with van der Waals surface area (Å²) >= 11 is 0. The van der Waals surface area contributed by atoms with Gasteiger partial charge in [0.05, 0.1) is 12.3 Å². The maximum atomic E-state index is 13.7. The van der Waals surface area contributed by atoms with Crippen LogP contribution in [-0.2, 0) is 9.53 Å². The monoisotopic (exact) mass is 265 g/mol. The largest absolute Gasteiger partial charge is 0.464 e. The Morgan fingerprint density at radius 3 is 2.74 bits per heavy atom. The summed E-state index contributed by atoms with van der Waals surface area (Å²) in [5.41, 5.74) is -0.516. The minimum atomic E-state index is -0.862. The molecule has 1 aliphatic rings. The highest BCUT2D eigenvalue weighted by atomic mass is 19.1. The van der Waals surface area contributed by atoms with Crippen LogP contribution in [-0.4, -0.2) is 18.1 Å². The van der Waals surface area contributed by atoms with Gasteiger partial charge in [-0.05, 0) is 38.3 Å². The van der Waals surface area contributed by atoms with Crippen LogP contribution in [0.4, 0.5) is 10.1 Å². The third-order valence-corrected chi connectivity index (χ3v) is 3.40. The number of rotatable bonds is 6. The molecule has 0 spiro atoms. The first-order valence-corrected chi connectivity index (χ1v) is 6.75. The first-order valence-electron chi connectivity index (χ1n) is 6.75. The first-order chi connectivity index (χ1) is 9.05. The fourth-order valence-electron chi connectivity index (χ4n) is 2.23. The Labute approximate surface area is 113 Å². The summed E-state index contributed by atoms with van der Waals surface area (Å²) in [6.45, 7) is 3.90. The van der Waals surface area contributed by atoms with Gasteiger partial charge in [0.2, 0.25) is 0 Å². The second-order valence-corrected chi connectivity index (χ2v) is 5.30. The van der Waals surface area contributed by atoms with Crippen LogP contribution in [0.3, 0.4) is 0 Å². The second-order valence-electron chi connectivity index (χ2n) is 5.30. The average Bonchev–Trinajstić information content (AvgIpc) is 3.16. The van der Waals surface area contributed by atoms with Gasteiger partial charge in [0.15, 0.2) is 0 Å². The molecule has 104 valence electrons. The lowest BCUT2D eigenvalue weighted by Gasteiger charge is -2.29. The molecule has 0 amide bonds. The second kappa shape index (κ2) is 5.59. The molecule has 0 aromatic heterocycles. The molecule has 1 N–H and O–H groups in total. The van der Waals surface area contributed by atoms with Crippen molar-refractivity contribution in [1.82, 2.24) is 0 Å². The molecule has 1 unspecified atom stereocenters. The number of nitrogens with one attached hydrogen (secondary N) is 1. The van der Waals surface area contributed by atoms with E-state index in [4.69, 9.17) is 4.74 Å². The smallest absolute Gasteiger partial charge is 0.331 e. The lowest BCUT2D eigenvalue weighted by Crippen LogP contribution is -2.45. The first kappa shape index (κ1) is 13.8. The average molecular weight is 265 g/mol. The number of esters is 1. The third kappa shape index (κ3) is 3.46. The zero-order valence-electron chi connectivity index (χ0n) is 11.4. The molecule has 19 heavy (non-hydrogen) atoms. The molecule has 0 saturated heterocycles. The summed E-state index contributed by atoms with van der Waals surface area (Å²) < 4.78 is 18.8. The van der Waals surface area contributed by atoms with Gasteiger partial charge in [-0.2, -0.15) is 0 Å². The Bertz CT molecular complexity index is 459. The van der Waals surface area contributed by atoms with Crippen molar-refractivity contribution in [3.63, 3.8) is 0 Å². The van der Waals surface area contributed by atoms with Gasteiger partial charge < -0.3 is 10.1 Å². The topological polar surface area (TPSA) is 38.3 Å². The predicted molar refractivity (Wildman–Crippen MR) is 72.4 cm³/mol. The molecule has 0 radical (unpaired) electrons. The minimum Gasteiger partial charge on any atom is -0.464 e. The zero-order chi connectivity index (χ0) is 13.9. The van der Waals surface area contributed by atoms with Crippen LogP contribution in [0.5, 0.6) is 0 Å². The highest BCUT2D eigenvalue weighted by Gasteiger charge is 2.40. The molecular weight excluding hydrogens is 245 g/mol. The maximum absolute atomic E-state index is 13.7. The summed E-state index contributed by atoms with van der Waals surface area (Å²) in [6, 6.07) is 6.39. The molecule has 1 aromatic carbocycles. The summed E-state index contributed by atoms with van der Waals surface area (Å²) in [5, 5.41) is 3.03. The number of halogens is 1. The van der Waals surface area contributed by atoms with Gasteiger partial charge in [-0.15, -0.1) is 0 Å². The predicted octanol–water partition coefficient (Wildman–Crippen LogP) is 3.36. The van der Waals surface area contributed by atoms with Crippen LogP contribution in [0, 0.1) is 11.7 Å². The number of hydrogen-bond acceptors (Lipinski definition) is 3. The molecule has 1 fully saturated rings. The quantitative estimate of drug-likeness (QED) is 0.801. The van der Waals surface area contributed by atoms with E-state index in [-0.39, 0.29) is 11.8 Å². The van der Waals surface area contributed by atoms with Crippen LogP contribution < -0.4 is 5.32 Å². The highest BCUT2D eigenvalue weighted by molar-refractivity contribution is 5.84. The maximum Gasteiger partial charge on any atom is 0.331 e. The van der Waals surface area contributed by atoms with Crippen molar-refractivity contribution in [2.45, 2.75) is 38.6 Å². The van der Waals surface area contributed by atoms with Gasteiger partial charge in [0.1, 0.15) is 11.4 Å². The summed E-state index contributed by atoms with van der Waals surface area (Å²) in [5.74, 6) is -0.132. The van der Waals surface area contributed by atoms with Crippen molar-refractivity contribution in [3.8, 4) is 0 Å². The Hall–Kier alpha value is -1.58. The molecule has 0 bridgehead atoms. The molecule has 0 heterocycles. The molecule has 3 nitrogen and oxygen atoms in total. The molecule has 2 rings (SSSR count). The minimum absolute atomic E-state index is 0.315.